The number of carbonyl (C=O) groups is 2. The molecule has 1 fully saturated rings. The molecule has 2 aromatic carbocycles. The molecule has 0 saturated heterocycles. The van der Waals surface area contributed by atoms with Gasteiger partial charge < -0.3 is 10.2 Å². The Kier molecular flexibility index (Phi) is 8.50. The highest BCUT2D eigenvalue weighted by Gasteiger charge is 2.27. The fraction of sp³-hybridized carbons (Fsp3) is 0.440. The number of hydrogen-bond acceptors (Lipinski definition) is 2. The van der Waals surface area contributed by atoms with Crippen molar-refractivity contribution in [3.63, 3.8) is 0 Å². The number of nitrogens with one attached hydrogen (secondary N) is 1. The van der Waals surface area contributed by atoms with Gasteiger partial charge in [-0.05, 0) is 49.4 Å². The maximum absolute atomic E-state index is 13.2. The molecule has 0 radical (unpaired) electrons. The molecule has 4 nitrogen and oxygen atoms in total. The first kappa shape index (κ1) is 22.5. The Labute approximate surface area is 188 Å². The summed E-state index contributed by atoms with van der Waals surface area (Å²) in [5.74, 6) is -0.0462. The van der Waals surface area contributed by atoms with Gasteiger partial charge in [-0.15, -0.1) is 0 Å². The van der Waals surface area contributed by atoms with Gasteiger partial charge in [0.15, 0.2) is 0 Å². The monoisotopic (exact) mass is 470 g/mol. The van der Waals surface area contributed by atoms with Crippen LogP contribution in [0.3, 0.4) is 0 Å². The zero-order chi connectivity index (χ0) is 21.3. The molecule has 1 aliphatic carbocycles. The lowest BCUT2D eigenvalue weighted by Gasteiger charge is -2.31. The smallest absolute Gasteiger partial charge is 0.242 e. The molecule has 0 aromatic heterocycles. The van der Waals surface area contributed by atoms with Crippen LogP contribution in [0.1, 0.15) is 56.6 Å². The van der Waals surface area contributed by atoms with E-state index < -0.39 is 6.04 Å². The van der Waals surface area contributed by atoms with E-state index in [2.05, 4.69) is 21.2 Å². The van der Waals surface area contributed by atoms with Crippen molar-refractivity contribution in [1.29, 1.82) is 0 Å². The number of aryl methyl sites for hydroxylation is 1. The van der Waals surface area contributed by atoms with Crippen molar-refractivity contribution in [3.8, 4) is 0 Å². The van der Waals surface area contributed by atoms with Gasteiger partial charge in [-0.2, -0.15) is 0 Å². The SMILES string of the molecule is C[C@H](C(=O)NC1CCCCC1)N(Cc1cccc(Br)c1)C(=O)CCc1ccccc1. The molecular weight excluding hydrogens is 440 g/mol. The van der Waals surface area contributed by atoms with Gasteiger partial charge >= 0.3 is 0 Å². The Morgan fingerprint density at radius 1 is 1.03 bits per heavy atom. The van der Waals surface area contributed by atoms with Crippen LogP contribution in [-0.4, -0.2) is 28.8 Å². The average Bonchev–Trinajstić information content (AvgIpc) is 2.77. The molecule has 5 heteroatoms. The van der Waals surface area contributed by atoms with Crippen LogP contribution in [-0.2, 0) is 22.6 Å². The molecule has 0 heterocycles. The van der Waals surface area contributed by atoms with Crippen LogP contribution in [0.4, 0.5) is 0 Å². The van der Waals surface area contributed by atoms with Crippen LogP contribution < -0.4 is 5.32 Å². The summed E-state index contributed by atoms with van der Waals surface area (Å²) in [4.78, 5) is 27.9. The van der Waals surface area contributed by atoms with Crippen molar-refractivity contribution in [3.05, 3.63) is 70.2 Å². The number of nitrogens with zero attached hydrogens (tertiary/aromatic N) is 1. The second-order valence-corrected chi connectivity index (χ2v) is 9.07. The normalized spacial score (nSPS) is 15.4. The Morgan fingerprint density at radius 2 is 1.73 bits per heavy atom. The topological polar surface area (TPSA) is 49.4 Å². The first-order valence-electron chi connectivity index (χ1n) is 10.9. The third-order valence-electron chi connectivity index (χ3n) is 5.83. The highest BCUT2D eigenvalue weighted by molar-refractivity contribution is 9.10. The molecule has 0 bridgehead atoms. The molecular formula is C25H31BrN2O2. The fourth-order valence-corrected chi connectivity index (χ4v) is 4.47. The third kappa shape index (κ3) is 6.69. The summed E-state index contributed by atoms with van der Waals surface area (Å²) >= 11 is 3.50. The zero-order valence-corrected chi connectivity index (χ0v) is 19.2. The molecule has 2 amide bonds. The number of hydrogen-bond donors (Lipinski definition) is 1. The van der Waals surface area contributed by atoms with E-state index >= 15 is 0 Å². The summed E-state index contributed by atoms with van der Waals surface area (Å²) in [5, 5.41) is 3.18. The van der Waals surface area contributed by atoms with Crippen molar-refractivity contribution < 1.29 is 9.59 Å². The molecule has 0 spiro atoms. The van der Waals surface area contributed by atoms with E-state index in [1.165, 1.54) is 6.42 Å². The first-order valence-corrected chi connectivity index (χ1v) is 11.7. The van der Waals surface area contributed by atoms with Crippen molar-refractivity contribution in [2.45, 2.75) is 70.5 Å². The van der Waals surface area contributed by atoms with Gasteiger partial charge in [-0.3, -0.25) is 9.59 Å². The minimum atomic E-state index is -0.505. The predicted molar refractivity (Wildman–Crippen MR) is 124 cm³/mol. The van der Waals surface area contributed by atoms with Crippen LogP contribution in [0.25, 0.3) is 0 Å². The molecule has 1 saturated carbocycles. The van der Waals surface area contributed by atoms with Crippen LogP contribution in [0.15, 0.2) is 59.1 Å². The molecule has 1 aliphatic rings. The van der Waals surface area contributed by atoms with E-state index in [0.717, 1.165) is 41.3 Å². The van der Waals surface area contributed by atoms with Crippen LogP contribution >= 0.6 is 15.9 Å². The Balaban J connectivity index is 1.69. The second kappa shape index (κ2) is 11.3. The number of halogens is 1. The highest BCUT2D eigenvalue weighted by Crippen LogP contribution is 2.19. The number of carbonyl (C=O) groups excluding carboxylic acids is 2. The van der Waals surface area contributed by atoms with E-state index in [-0.39, 0.29) is 17.9 Å². The fourth-order valence-electron chi connectivity index (χ4n) is 4.02. The summed E-state index contributed by atoms with van der Waals surface area (Å²) in [6.45, 7) is 2.27. The second-order valence-electron chi connectivity index (χ2n) is 8.16. The Bertz CT molecular complexity index is 834. The van der Waals surface area contributed by atoms with E-state index in [4.69, 9.17) is 0 Å². The van der Waals surface area contributed by atoms with Crippen molar-refractivity contribution in [2.75, 3.05) is 0 Å². The van der Waals surface area contributed by atoms with Gasteiger partial charge in [0.25, 0.3) is 0 Å². The summed E-state index contributed by atoms with van der Waals surface area (Å²) < 4.78 is 0.969. The van der Waals surface area contributed by atoms with Crippen LogP contribution in [0.5, 0.6) is 0 Å². The zero-order valence-electron chi connectivity index (χ0n) is 17.6. The molecule has 0 unspecified atom stereocenters. The number of amides is 2. The van der Waals surface area contributed by atoms with Crippen molar-refractivity contribution in [2.24, 2.45) is 0 Å². The van der Waals surface area contributed by atoms with Crippen LogP contribution in [0.2, 0.25) is 0 Å². The maximum atomic E-state index is 13.2. The highest BCUT2D eigenvalue weighted by atomic mass is 79.9. The lowest BCUT2D eigenvalue weighted by molar-refractivity contribution is -0.141. The minimum absolute atomic E-state index is 0.00474. The largest absolute Gasteiger partial charge is 0.352 e. The minimum Gasteiger partial charge on any atom is -0.352 e. The predicted octanol–water partition coefficient (Wildman–Crippen LogP) is 5.25. The average molecular weight is 471 g/mol. The standard InChI is InChI=1S/C25H31BrN2O2/c1-19(25(30)27-23-13-6-3-7-14-23)28(18-21-11-8-12-22(26)17-21)24(29)16-15-20-9-4-2-5-10-20/h2,4-5,8-12,17,19,23H,3,6-7,13-16,18H2,1H3,(H,27,30)/t19-/m1/s1. The molecule has 30 heavy (non-hydrogen) atoms. The van der Waals surface area contributed by atoms with Crippen LogP contribution in [0, 0.1) is 0 Å². The maximum Gasteiger partial charge on any atom is 0.242 e. The van der Waals surface area contributed by atoms with Gasteiger partial charge in [0.2, 0.25) is 11.8 Å². The van der Waals surface area contributed by atoms with E-state index in [1.54, 1.807) is 4.90 Å². The molecule has 0 aliphatic heterocycles. The van der Waals surface area contributed by atoms with Gasteiger partial charge in [0.05, 0.1) is 0 Å². The molecule has 160 valence electrons. The molecule has 3 rings (SSSR count). The first-order chi connectivity index (χ1) is 14.5. The van der Waals surface area contributed by atoms with Crippen molar-refractivity contribution >= 4 is 27.7 Å². The summed E-state index contributed by atoms with van der Waals surface area (Å²) in [6, 6.07) is 17.7. The summed E-state index contributed by atoms with van der Waals surface area (Å²) in [5.41, 5.74) is 2.14. The Morgan fingerprint density at radius 3 is 2.43 bits per heavy atom. The van der Waals surface area contributed by atoms with Crippen molar-refractivity contribution in [1.82, 2.24) is 10.2 Å². The lowest BCUT2D eigenvalue weighted by atomic mass is 9.95. The molecule has 1 atom stereocenters. The quantitative estimate of drug-likeness (QED) is 0.572. The summed E-state index contributed by atoms with van der Waals surface area (Å²) in [6.07, 6.45) is 6.70. The van der Waals surface area contributed by atoms with Gasteiger partial charge in [0.1, 0.15) is 6.04 Å². The van der Waals surface area contributed by atoms with Gasteiger partial charge in [0, 0.05) is 23.5 Å². The van der Waals surface area contributed by atoms with E-state index in [1.807, 2.05) is 61.5 Å². The number of benzene rings is 2. The lowest BCUT2D eigenvalue weighted by Crippen LogP contribution is -2.50. The molecule has 1 N–H and O–H groups in total. The van der Waals surface area contributed by atoms with Gasteiger partial charge in [-0.1, -0.05) is 77.7 Å². The summed E-state index contributed by atoms with van der Waals surface area (Å²) in [7, 11) is 0. The van der Waals surface area contributed by atoms with Gasteiger partial charge in [-0.25, -0.2) is 0 Å². The van der Waals surface area contributed by atoms with E-state index in [9.17, 15) is 9.59 Å². The number of rotatable bonds is 8. The third-order valence-corrected chi connectivity index (χ3v) is 6.32. The van der Waals surface area contributed by atoms with E-state index in [0.29, 0.717) is 19.4 Å². The molecule has 2 aromatic rings. The Hall–Kier alpha value is -2.14.